The maximum Gasteiger partial charge on any atom is 0.128 e. The molecule has 0 bridgehead atoms. The van der Waals surface area contributed by atoms with Gasteiger partial charge >= 0.3 is 0 Å². The van der Waals surface area contributed by atoms with Crippen LogP contribution in [0.5, 0.6) is 5.75 Å². The van der Waals surface area contributed by atoms with E-state index in [0.717, 1.165) is 17.1 Å². The zero-order chi connectivity index (χ0) is 23.9. The molecule has 0 amide bonds. The van der Waals surface area contributed by atoms with Crippen LogP contribution in [0.25, 0.3) is 33.0 Å². The molecule has 1 N–H and O–H groups in total. The first-order valence-electron chi connectivity index (χ1n) is 12.4. The summed E-state index contributed by atoms with van der Waals surface area (Å²) in [6, 6.07) is 38.8. The van der Waals surface area contributed by atoms with Crippen LogP contribution in [0.4, 0.5) is 11.4 Å². The minimum atomic E-state index is 0.105. The Bertz CT molecular complexity index is 1640. The van der Waals surface area contributed by atoms with E-state index < -0.39 is 0 Å². The van der Waals surface area contributed by atoms with Crippen LogP contribution in [0.3, 0.4) is 0 Å². The molecule has 0 spiro atoms. The minimum absolute atomic E-state index is 0.105. The smallest absolute Gasteiger partial charge is 0.128 e. The highest BCUT2D eigenvalue weighted by molar-refractivity contribution is 5.96. The summed E-state index contributed by atoms with van der Waals surface area (Å²) in [5.74, 6) is 1.27. The Kier molecular flexibility index (Phi) is 4.96. The molecule has 1 aliphatic heterocycles. The van der Waals surface area contributed by atoms with Crippen LogP contribution in [-0.4, -0.2) is 6.10 Å². The molecule has 0 saturated heterocycles. The van der Waals surface area contributed by atoms with E-state index in [4.69, 9.17) is 4.74 Å². The number of hydrogen-bond acceptors (Lipinski definition) is 2. The summed E-state index contributed by atoms with van der Waals surface area (Å²) < 4.78 is 6.15. The van der Waals surface area contributed by atoms with E-state index in [-0.39, 0.29) is 12.0 Å². The first kappa shape index (κ1) is 20.8. The van der Waals surface area contributed by atoms with E-state index in [1.807, 2.05) is 0 Å². The monoisotopic (exact) mass is 463 g/mol. The fraction of sp³-hybridized carbons (Fsp3) is 0.0588. The van der Waals surface area contributed by atoms with Gasteiger partial charge in [-0.3, -0.25) is 0 Å². The molecule has 0 aromatic heterocycles. The molecule has 2 heteroatoms. The molecule has 5 aromatic rings. The molecular weight excluding hydrogens is 438 g/mol. The van der Waals surface area contributed by atoms with Gasteiger partial charge in [-0.05, 0) is 63.9 Å². The van der Waals surface area contributed by atoms with Gasteiger partial charge in [-0.2, -0.15) is 0 Å². The highest BCUT2D eigenvalue weighted by atomic mass is 16.5. The van der Waals surface area contributed by atoms with Crippen LogP contribution in [0.15, 0.2) is 133 Å². The molecule has 2 nitrogen and oxygen atoms in total. The lowest BCUT2D eigenvalue weighted by molar-refractivity contribution is 0.269. The average molecular weight is 464 g/mol. The predicted molar refractivity (Wildman–Crippen MR) is 150 cm³/mol. The number of benzene rings is 5. The van der Waals surface area contributed by atoms with Crippen molar-refractivity contribution in [2.24, 2.45) is 0 Å². The maximum absolute atomic E-state index is 6.15. The molecule has 36 heavy (non-hydrogen) atoms. The van der Waals surface area contributed by atoms with Gasteiger partial charge in [0.05, 0.1) is 0 Å². The summed E-state index contributed by atoms with van der Waals surface area (Å²) in [6.45, 7) is 0. The third kappa shape index (κ3) is 3.59. The van der Waals surface area contributed by atoms with Crippen molar-refractivity contribution < 1.29 is 4.74 Å². The van der Waals surface area contributed by atoms with Crippen LogP contribution in [0, 0.1) is 0 Å². The van der Waals surface area contributed by atoms with E-state index in [2.05, 4.69) is 139 Å². The quantitative estimate of drug-likeness (QED) is 0.287. The molecule has 1 heterocycles. The largest absolute Gasteiger partial charge is 0.485 e. The Morgan fingerprint density at radius 1 is 0.611 bits per heavy atom. The molecule has 0 saturated carbocycles. The van der Waals surface area contributed by atoms with E-state index in [0.29, 0.717) is 0 Å². The molecule has 2 unspecified atom stereocenters. The fourth-order valence-corrected chi connectivity index (χ4v) is 5.42. The zero-order valence-electron chi connectivity index (χ0n) is 19.8. The van der Waals surface area contributed by atoms with E-state index in [1.54, 1.807) is 0 Å². The van der Waals surface area contributed by atoms with Crippen molar-refractivity contribution in [1.82, 2.24) is 0 Å². The normalized spacial score (nSPS) is 17.4. The lowest BCUT2D eigenvalue weighted by Crippen LogP contribution is -2.15. The van der Waals surface area contributed by atoms with Gasteiger partial charge < -0.3 is 10.1 Å². The van der Waals surface area contributed by atoms with E-state index >= 15 is 0 Å². The number of para-hydroxylation sites is 1. The maximum atomic E-state index is 6.15. The molecule has 2 aliphatic rings. The zero-order valence-corrected chi connectivity index (χ0v) is 19.8. The molecule has 1 aliphatic carbocycles. The Balaban J connectivity index is 1.19. The van der Waals surface area contributed by atoms with Gasteiger partial charge in [-0.1, -0.05) is 97.1 Å². The van der Waals surface area contributed by atoms with Gasteiger partial charge in [0.25, 0.3) is 0 Å². The first-order chi connectivity index (χ1) is 17.8. The van der Waals surface area contributed by atoms with Crippen LogP contribution in [0.2, 0.25) is 0 Å². The van der Waals surface area contributed by atoms with Gasteiger partial charge in [0, 0.05) is 28.4 Å². The Hall–Kier alpha value is -4.56. The fourth-order valence-electron chi connectivity index (χ4n) is 5.42. The van der Waals surface area contributed by atoms with Gasteiger partial charge in [-0.15, -0.1) is 0 Å². The second-order valence-electron chi connectivity index (χ2n) is 9.41. The molecule has 172 valence electrons. The summed E-state index contributed by atoms with van der Waals surface area (Å²) in [5.41, 5.74) is 8.25. The van der Waals surface area contributed by atoms with Crippen LogP contribution >= 0.6 is 0 Å². The summed E-state index contributed by atoms with van der Waals surface area (Å²) >= 11 is 0. The number of nitrogens with one attached hydrogen (secondary N) is 1. The van der Waals surface area contributed by atoms with E-state index in [1.165, 1.54) is 38.6 Å². The van der Waals surface area contributed by atoms with Crippen LogP contribution in [0.1, 0.15) is 11.5 Å². The SMILES string of the molecule is C1=CC2Oc3ccc(-c4ccccc4Nc4ccc(-c5cccc6ccccc56)cc4)cc3C2C=C1. The number of anilines is 2. The van der Waals surface area contributed by atoms with Crippen molar-refractivity contribution in [3.8, 4) is 28.0 Å². The van der Waals surface area contributed by atoms with Gasteiger partial charge in [0.1, 0.15) is 11.9 Å². The summed E-state index contributed by atoms with van der Waals surface area (Å²) in [6.07, 6.45) is 8.67. The lowest BCUT2D eigenvalue weighted by Gasteiger charge is -2.15. The van der Waals surface area contributed by atoms with Crippen LogP contribution < -0.4 is 10.1 Å². The molecule has 5 aromatic carbocycles. The Morgan fingerprint density at radius 2 is 1.36 bits per heavy atom. The number of hydrogen-bond donors (Lipinski definition) is 1. The second kappa shape index (κ2) is 8.58. The van der Waals surface area contributed by atoms with Crippen molar-refractivity contribution in [2.75, 3.05) is 5.32 Å². The average Bonchev–Trinajstić information content (AvgIpc) is 3.31. The van der Waals surface area contributed by atoms with Crippen molar-refractivity contribution in [2.45, 2.75) is 12.0 Å². The molecular formula is C34H25NO. The Labute approximate surface area is 211 Å². The third-order valence-electron chi connectivity index (χ3n) is 7.22. The predicted octanol–water partition coefficient (Wildman–Crippen LogP) is 8.89. The number of ether oxygens (including phenoxy) is 1. The summed E-state index contributed by atoms with van der Waals surface area (Å²) in [4.78, 5) is 0. The number of allylic oxidation sites excluding steroid dienone is 2. The minimum Gasteiger partial charge on any atom is -0.485 e. The second-order valence-corrected chi connectivity index (χ2v) is 9.41. The number of fused-ring (bicyclic) bond motifs is 4. The third-order valence-corrected chi connectivity index (χ3v) is 7.22. The molecule has 0 radical (unpaired) electrons. The first-order valence-corrected chi connectivity index (χ1v) is 12.4. The topological polar surface area (TPSA) is 21.3 Å². The van der Waals surface area contributed by atoms with Gasteiger partial charge in [-0.25, -0.2) is 0 Å². The van der Waals surface area contributed by atoms with Crippen LogP contribution in [-0.2, 0) is 0 Å². The Morgan fingerprint density at radius 3 is 2.31 bits per heavy atom. The molecule has 2 atom stereocenters. The van der Waals surface area contributed by atoms with Crippen molar-refractivity contribution in [3.05, 3.63) is 139 Å². The van der Waals surface area contributed by atoms with E-state index in [9.17, 15) is 0 Å². The van der Waals surface area contributed by atoms with Gasteiger partial charge in [0.15, 0.2) is 0 Å². The van der Waals surface area contributed by atoms with Crippen molar-refractivity contribution in [1.29, 1.82) is 0 Å². The highest BCUT2D eigenvalue weighted by Gasteiger charge is 2.32. The molecule has 0 fully saturated rings. The summed E-state index contributed by atoms with van der Waals surface area (Å²) in [5, 5.41) is 6.19. The molecule has 7 rings (SSSR count). The lowest BCUT2D eigenvalue weighted by atomic mass is 9.90. The standard InChI is InChI=1S/C34H25NO/c1-2-10-27-23(8-1)9-7-13-28(27)24-16-19-26(20-17-24)35-32-14-5-3-11-29(32)25-18-21-34-31(22-25)30-12-4-6-15-33(30)36-34/h1-22,30,33,35H. The number of rotatable bonds is 4. The van der Waals surface area contributed by atoms with Crippen molar-refractivity contribution in [3.63, 3.8) is 0 Å². The van der Waals surface area contributed by atoms with Crippen molar-refractivity contribution >= 4 is 22.1 Å². The summed E-state index contributed by atoms with van der Waals surface area (Å²) in [7, 11) is 0. The highest BCUT2D eigenvalue weighted by Crippen LogP contribution is 2.44. The van der Waals surface area contributed by atoms with Gasteiger partial charge in [0.2, 0.25) is 0 Å².